The summed E-state index contributed by atoms with van der Waals surface area (Å²) < 4.78 is 2.15. The molecule has 0 amide bonds. The van der Waals surface area contributed by atoms with Crippen LogP contribution < -0.4 is 0 Å². The molecule has 2 atom stereocenters. The van der Waals surface area contributed by atoms with E-state index in [4.69, 9.17) is 5.11 Å². The summed E-state index contributed by atoms with van der Waals surface area (Å²) in [7, 11) is 0. The van der Waals surface area contributed by atoms with Gasteiger partial charge in [0, 0.05) is 25.4 Å². The van der Waals surface area contributed by atoms with Gasteiger partial charge >= 0.3 is 5.97 Å². The van der Waals surface area contributed by atoms with Crippen molar-refractivity contribution in [2.24, 2.45) is 5.92 Å². The Morgan fingerprint density at radius 1 is 1.29 bits per heavy atom. The maximum absolute atomic E-state index is 11.1. The van der Waals surface area contributed by atoms with E-state index in [9.17, 15) is 4.79 Å². The molecular formula is C15H24N4O2. The number of hydrogen-bond acceptors (Lipinski definition) is 4. The number of nitrogens with zero attached hydrogens (tertiary/aromatic N) is 4. The lowest BCUT2D eigenvalue weighted by atomic mass is 9.97. The Hall–Kier alpha value is -1.43. The van der Waals surface area contributed by atoms with Crippen LogP contribution in [0.15, 0.2) is 0 Å². The van der Waals surface area contributed by atoms with Gasteiger partial charge in [0.2, 0.25) is 0 Å². The molecule has 2 unspecified atom stereocenters. The van der Waals surface area contributed by atoms with Gasteiger partial charge in [-0.1, -0.05) is 13.3 Å². The minimum Gasteiger partial charge on any atom is -0.481 e. The molecule has 21 heavy (non-hydrogen) atoms. The van der Waals surface area contributed by atoms with Crippen LogP contribution >= 0.6 is 0 Å². The number of fused-ring (bicyclic) bond motifs is 1. The first-order valence-electron chi connectivity index (χ1n) is 8.06. The molecule has 0 radical (unpaired) electrons. The summed E-state index contributed by atoms with van der Waals surface area (Å²) in [5.41, 5.74) is 0. The molecular weight excluding hydrogens is 268 g/mol. The van der Waals surface area contributed by atoms with E-state index in [2.05, 4.69) is 26.6 Å². The van der Waals surface area contributed by atoms with Gasteiger partial charge in [-0.15, -0.1) is 10.2 Å². The molecule has 0 aromatic carbocycles. The van der Waals surface area contributed by atoms with Gasteiger partial charge in [0.25, 0.3) is 0 Å². The highest BCUT2D eigenvalue weighted by Gasteiger charge is 2.29. The van der Waals surface area contributed by atoms with E-state index in [-0.39, 0.29) is 5.92 Å². The third-order valence-corrected chi connectivity index (χ3v) is 4.96. The molecule has 0 spiro atoms. The topological polar surface area (TPSA) is 71.2 Å². The van der Waals surface area contributed by atoms with E-state index >= 15 is 0 Å². The predicted molar refractivity (Wildman–Crippen MR) is 78.1 cm³/mol. The fraction of sp³-hybridized carbons (Fsp3) is 0.800. The number of carboxylic acids is 1. The third-order valence-electron chi connectivity index (χ3n) is 4.96. The van der Waals surface area contributed by atoms with Crippen LogP contribution in [0.4, 0.5) is 0 Å². The van der Waals surface area contributed by atoms with Crippen molar-refractivity contribution in [3.05, 3.63) is 11.6 Å². The summed E-state index contributed by atoms with van der Waals surface area (Å²) in [6, 6.07) is 0.564. The summed E-state index contributed by atoms with van der Waals surface area (Å²) in [5, 5.41) is 17.7. The van der Waals surface area contributed by atoms with Crippen LogP contribution in [0.5, 0.6) is 0 Å². The minimum absolute atomic E-state index is 0.295. The number of aromatic nitrogens is 3. The number of carbonyl (C=O) groups is 1. The Kier molecular flexibility index (Phi) is 4.24. The largest absolute Gasteiger partial charge is 0.481 e. The van der Waals surface area contributed by atoms with Crippen molar-refractivity contribution in [3.63, 3.8) is 0 Å². The van der Waals surface area contributed by atoms with E-state index in [1.807, 2.05) is 0 Å². The van der Waals surface area contributed by atoms with Gasteiger partial charge < -0.3 is 14.6 Å². The predicted octanol–water partition coefficient (Wildman–Crippen LogP) is 1.34. The van der Waals surface area contributed by atoms with E-state index in [0.29, 0.717) is 18.9 Å². The summed E-state index contributed by atoms with van der Waals surface area (Å²) >= 11 is 0. The van der Waals surface area contributed by atoms with Gasteiger partial charge in [0.05, 0.1) is 5.92 Å². The van der Waals surface area contributed by atoms with E-state index in [1.54, 1.807) is 0 Å². The third kappa shape index (κ3) is 2.95. The second-order valence-corrected chi connectivity index (χ2v) is 6.19. The molecule has 1 aromatic heterocycles. The lowest BCUT2D eigenvalue weighted by molar-refractivity contribution is -0.142. The van der Waals surface area contributed by atoms with Gasteiger partial charge in [-0.2, -0.15) is 0 Å². The van der Waals surface area contributed by atoms with Crippen molar-refractivity contribution in [2.45, 2.75) is 58.0 Å². The van der Waals surface area contributed by atoms with E-state index in [0.717, 1.165) is 31.2 Å². The van der Waals surface area contributed by atoms with Gasteiger partial charge in [-0.25, -0.2) is 0 Å². The maximum Gasteiger partial charge on any atom is 0.307 e. The zero-order chi connectivity index (χ0) is 14.8. The molecule has 1 fully saturated rings. The number of aliphatic carboxylic acids is 1. The van der Waals surface area contributed by atoms with Crippen LogP contribution in [0.3, 0.4) is 0 Å². The molecule has 1 aromatic rings. The van der Waals surface area contributed by atoms with Gasteiger partial charge in [0.15, 0.2) is 0 Å². The highest BCUT2D eigenvalue weighted by atomic mass is 16.4. The number of rotatable bonds is 4. The molecule has 6 nitrogen and oxygen atoms in total. The molecule has 2 aliphatic rings. The molecule has 2 aliphatic heterocycles. The van der Waals surface area contributed by atoms with Crippen LogP contribution in [0.25, 0.3) is 0 Å². The number of likely N-dealkylation sites (tertiary alicyclic amines) is 1. The maximum atomic E-state index is 11.1. The molecule has 6 heteroatoms. The van der Waals surface area contributed by atoms with Crippen molar-refractivity contribution in [2.75, 3.05) is 13.1 Å². The lowest BCUT2D eigenvalue weighted by Crippen LogP contribution is -2.41. The minimum atomic E-state index is -0.713. The Morgan fingerprint density at radius 3 is 2.90 bits per heavy atom. The molecule has 3 rings (SSSR count). The molecule has 1 saturated heterocycles. The van der Waals surface area contributed by atoms with Gasteiger partial charge in [-0.3, -0.25) is 4.79 Å². The quantitative estimate of drug-likeness (QED) is 0.907. The molecule has 0 bridgehead atoms. The molecule has 1 N–H and O–H groups in total. The standard InChI is InChI=1S/C15H24N4O2/c1-2-18-7-4-3-5-12(18)10-14-17-16-13-9-11(15(20)21)6-8-19(13)14/h11-12H,2-10H2,1H3,(H,20,21). The first kappa shape index (κ1) is 14.5. The highest BCUT2D eigenvalue weighted by Crippen LogP contribution is 2.24. The molecule has 116 valence electrons. The SMILES string of the molecule is CCN1CCCCC1Cc1nnc2n1CCC(C(=O)O)C2. The number of hydrogen-bond donors (Lipinski definition) is 1. The molecule has 0 saturated carbocycles. The first-order valence-corrected chi connectivity index (χ1v) is 8.06. The fourth-order valence-corrected chi connectivity index (χ4v) is 3.67. The lowest BCUT2D eigenvalue weighted by Gasteiger charge is -2.34. The van der Waals surface area contributed by atoms with Crippen molar-refractivity contribution in [1.82, 2.24) is 19.7 Å². The Labute approximate surface area is 125 Å². The van der Waals surface area contributed by atoms with Gasteiger partial charge in [-0.05, 0) is 32.4 Å². The van der Waals surface area contributed by atoms with Crippen molar-refractivity contribution < 1.29 is 9.90 Å². The summed E-state index contributed by atoms with van der Waals surface area (Å²) in [6.45, 7) is 5.23. The summed E-state index contributed by atoms with van der Waals surface area (Å²) in [4.78, 5) is 13.6. The zero-order valence-electron chi connectivity index (χ0n) is 12.7. The van der Waals surface area contributed by atoms with Crippen molar-refractivity contribution >= 4 is 5.97 Å². The van der Waals surface area contributed by atoms with Crippen molar-refractivity contribution in [1.29, 1.82) is 0 Å². The zero-order valence-corrected chi connectivity index (χ0v) is 12.7. The Morgan fingerprint density at radius 2 is 2.14 bits per heavy atom. The van der Waals surface area contributed by atoms with Crippen LogP contribution in [-0.4, -0.2) is 49.9 Å². The normalized spacial score (nSPS) is 26.5. The molecule has 3 heterocycles. The van der Waals surface area contributed by atoms with Crippen LogP contribution in [0, 0.1) is 5.92 Å². The monoisotopic (exact) mass is 292 g/mol. The van der Waals surface area contributed by atoms with Crippen LogP contribution in [0.2, 0.25) is 0 Å². The second kappa shape index (κ2) is 6.13. The average molecular weight is 292 g/mol. The van der Waals surface area contributed by atoms with Crippen LogP contribution in [-0.2, 0) is 24.2 Å². The average Bonchev–Trinajstić information content (AvgIpc) is 2.90. The first-order chi connectivity index (χ1) is 10.2. The van der Waals surface area contributed by atoms with Crippen molar-refractivity contribution in [3.8, 4) is 0 Å². The second-order valence-electron chi connectivity index (χ2n) is 6.19. The fourth-order valence-electron chi connectivity index (χ4n) is 3.67. The Bertz CT molecular complexity index is 514. The number of piperidine rings is 1. The van der Waals surface area contributed by atoms with E-state index in [1.165, 1.54) is 25.8 Å². The Balaban J connectivity index is 1.71. The van der Waals surface area contributed by atoms with Gasteiger partial charge in [0.1, 0.15) is 11.6 Å². The summed E-state index contributed by atoms with van der Waals surface area (Å²) in [5.74, 6) is 0.883. The molecule has 0 aliphatic carbocycles. The smallest absolute Gasteiger partial charge is 0.307 e. The highest BCUT2D eigenvalue weighted by molar-refractivity contribution is 5.70. The number of likely N-dealkylation sites (N-methyl/N-ethyl adjacent to an activating group) is 1. The van der Waals surface area contributed by atoms with Crippen LogP contribution in [0.1, 0.15) is 44.3 Å². The summed E-state index contributed by atoms with van der Waals surface area (Å²) in [6.07, 6.45) is 5.97. The van der Waals surface area contributed by atoms with E-state index < -0.39 is 5.97 Å². The number of carboxylic acid groups (broad SMARTS) is 1.